The van der Waals surface area contributed by atoms with Gasteiger partial charge in [0.15, 0.2) is 17.3 Å². The van der Waals surface area contributed by atoms with Crippen LogP contribution in [-0.2, 0) is 6.42 Å². The SMILES string of the molecule is COc1c(F)c2c(c(OC)c1OC)-c1ccc(OC)c(=O)cc1[C@@H](N)CC2. The smallest absolute Gasteiger partial charge is 0.220 e. The van der Waals surface area contributed by atoms with E-state index in [9.17, 15) is 4.79 Å². The third-order valence-corrected chi connectivity index (χ3v) is 4.85. The van der Waals surface area contributed by atoms with Crippen LogP contribution in [-0.4, -0.2) is 28.4 Å². The number of methoxy groups -OCH3 is 4. The maximum absolute atomic E-state index is 15.3. The molecule has 1 aliphatic rings. The van der Waals surface area contributed by atoms with E-state index in [-0.39, 0.29) is 22.7 Å². The van der Waals surface area contributed by atoms with Crippen molar-refractivity contribution in [2.75, 3.05) is 28.4 Å². The minimum absolute atomic E-state index is 0.0208. The normalized spacial score (nSPS) is 15.3. The zero-order valence-corrected chi connectivity index (χ0v) is 15.7. The predicted octanol–water partition coefficient (Wildman–Crippen LogP) is 2.83. The number of ether oxygens (including phenoxy) is 4. The van der Waals surface area contributed by atoms with Gasteiger partial charge in [-0.1, -0.05) is 6.07 Å². The van der Waals surface area contributed by atoms with Gasteiger partial charge in [0.2, 0.25) is 16.9 Å². The number of benzene rings is 1. The zero-order valence-electron chi connectivity index (χ0n) is 15.7. The average molecular weight is 375 g/mol. The summed E-state index contributed by atoms with van der Waals surface area (Å²) in [5, 5.41) is 0. The van der Waals surface area contributed by atoms with Crippen LogP contribution in [0, 0.1) is 5.82 Å². The van der Waals surface area contributed by atoms with E-state index < -0.39 is 11.9 Å². The van der Waals surface area contributed by atoms with Gasteiger partial charge in [-0.2, -0.15) is 0 Å². The lowest BCUT2D eigenvalue weighted by Crippen LogP contribution is -2.12. The monoisotopic (exact) mass is 375 g/mol. The van der Waals surface area contributed by atoms with Gasteiger partial charge in [-0.05, 0) is 36.1 Å². The molecule has 0 aliphatic heterocycles. The summed E-state index contributed by atoms with van der Waals surface area (Å²) in [6.07, 6.45) is 0.824. The van der Waals surface area contributed by atoms with Gasteiger partial charge in [0.05, 0.1) is 28.4 Å². The Labute approximate surface area is 156 Å². The summed E-state index contributed by atoms with van der Waals surface area (Å²) in [4.78, 5) is 12.4. The quantitative estimate of drug-likeness (QED) is 0.885. The Morgan fingerprint density at radius 2 is 1.67 bits per heavy atom. The third kappa shape index (κ3) is 2.98. The number of hydrogen-bond donors (Lipinski definition) is 1. The van der Waals surface area contributed by atoms with Gasteiger partial charge in [0, 0.05) is 17.2 Å². The second-order valence-corrected chi connectivity index (χ2v) is 6.19. The van der Waals surface area contributed by atoms with Crippen LogP contribution in [0.2, 0.25) is 0 Å². The minimum Gasteiger partial charge on any atom is -0.493 e. The van der Waals surface area contributed by atoms with Crippen LogP contribution in [0.5, 0.6) is 23.0 Å². The number of hydrogen-bond acceptors (Lipinski definition) is 6. The molecule has 3 rings (SSSR count). The standard InChI is InChI=1S/C20H22FNO5/c1-24-15-8-6-10-12(9-14(15)23)13(22)7-5-11-16(10)18(25-2)20(27-4)19(26-3)17(11)21/h6,8-9,13H,5,7,22H2,1-4H3/t13-/m0/s1. The van der Waals surface area contributed by atoms with E-state index in [0.29, 0.717) is 40.8 Å². The first kappa shape index (κ1) is 19.0. The van der Waals surface area contributed by atoms with E-state index in [4.69, 9.17) is 24.7 Å². The second kappa shape index (κ2) is 7.44. The lowest BCUT2D eigenvalue weighted by Gasteiger charge is -2.20. The van der Waals surface area contributed by atoms with Gasteiger partial charge in [-0.3, -0.25) is 4.79 Å². The second-order valence-electron chi connectivity index (χ2n) is 6.19. The third-order valence-electron chi connectivity index (χ3n) is 4.85. The molecule has 2 N–H and O–H groups in total. The molecule has 0 fully saturated rings. The molecule has 6 nitrogen and oxygen atoms in total. The zero-order chi connectivity index (χ0) is 19.7. The summed E-state index contributed by atoms with van der Waals surface area (Å²) < 4.78 is 36.6. The lowest BCUT2D eigenvalue weighted by atomic mass is 9.95. The van der Waals surface area contributed by atoms with E-state index in [1.54, 1.807) is 12.1 Å². The maximum atomic E-state index is 15.3. The molecule has 0 bridgehead atoms. The number of rotatable bonds is 4. The molecule has 144 valence electrons. The van der Waals surface area contributed by atoms with Crippen molar-refractivity contribution in [2.24, 2.45) is 5.73 Å². The molecule has 0 spiro atoms. The molecule has 0 saturated heterocycles. The Morgan fingerprint density at radius 1 is 1.00 bits per heavy atom. The molecular weight excluding hydrogens is 353 g/mol. The molecule has 0 heterocycles. The van der Waals surface area contributed by atoms with E-state index in [2.05, 4.69) is 0 Å². The first-order valence-electron chi connectivity index (χ1n) is 8.46. The Kier molecular flexibility index (Phi) is 5.23. The molecule has 0 unspecified atom stereocenters. The van der Waals surface area contributed by atoms with Crippen LogP contribution in [0.4, 0.5) is 4.39 Å². The fraction of sp³-hybridized carbons (Fsp3) is 0.350. The van der Waals surface area contributed by atoms with Crippen LogP contribution in [0.15, 0.2) is 23.0 Å². The molecule has 27 heavy (non-hydrogen) atoms. The highest BCUT2D eigenvalue weighted by atomic mass is 19.1. The first-order valence-corrected chi connectivity index (χ1v) is 8.46. The highest BCUT2D eigenvalue weighted by Gasteiger charge is 2.31. The fourth-order valence-electron chi connectivity index (χ4n) is 3.57. The van der Waals surface area contributed by atoms with Crippen LogP contribution in [0.3, 0.4) is 0 Å². The fourth-order valence-corrected chi connectivity index (χ4v) is 3.57. The number of halogens is 1. The number of nitrogens with two attached hydrogens (primary N) is 1. The summed E-state index contributed by atoms with van der Waals surface area (Å²) in [5.74, 6) is 0.118. The van der Waals surface area contributed by atoms with Crippen molar-refractivity contribution in [2.45, 2.75) is 18.9 Å². The van der Waals surface area contributed by atoms with E-state index in [1.165, 1.54) is 34.5 Å². The maximum Gasteiger partial charge on any atom is 0.220 e. The molecule has 2 aromatic carbocycles. The Hall–Kier alpha value is -2.80. The summed E-state index contributed by atoms with van der Waals surface area (Å²) in [6.45, 7) is 0. The van der Waals surface area contributed by atoms with Crippen molar-refractivity contribution in [3.8, 4) is 34.1 Å². The number of fused-ring (bicyclic) bond motifs is 3. The first-order chi connectivity index (χ1) is 13.0. The van der Waals surface area contributed by atoms with Gasteiger partial charge in [0.1, 0.15) is 0 Å². The Morgan fingerprint density at radius 3 is 2.26 bits per heavy atom. The predicted molar refractivity (Wildman–Crippen MR) is 99.6 cm³/mol. The van der Waals surface area contributed by atoms with E-state index >= 15 is 4.39 Å². The van der Waals surface area contributed by atoms with E-state index in [0.717, 1.165) is 0 Å². The van der Waals surface area contributed by atoms with Gasteiger partial charge in [0.25, 0.3) is 0 Å². The molecule has 0 aromatic heterocycles. The van der Waals surface area contributed by atoms with Crippen LogP contribution < -0.4 is 30.1 Å². The lowest BCUT2D eigenvalue weighted by molar-refractivity contribution is 0.312. The van der Waals surface area contributed by atoms with Crippen molar-refractivity contribution in [1.82, 2.24) is 0 Å². The van der Waals surface area contributed by atoms with Crippen molar-refractivity contribution >= 4 is 0 Å². The van der Waals surface area contributed by atoms with Gasteiger partial charge >= 0.3 is 0 Å². The Bertz CT molecular complexity index is 945. The van der Waals surface area contributed by atoms with Crippen molar-refractivity contribution in [1.29, 1.82) is 0 Å². The molecule has 7 heteroatoms. The van der Waals surface area contributed by atoms with Gasteiger partial charge < -0.3 is 24.7 Å². The highest BCUT2D eigenvalue weighted by Crippen LogP contribution is 2.51. The molecule has 0 amide bonds. The molecule has 2 aromatic rings. The molecular formula is C20H22FNO5. The van der Waals surface area contributed by atoms with Crippen LogP contribution in [0.25, 0.3) is 11.1 Å². The molecule has 1 aliphatic carbocycles. The minimum atomic E-state index is -0.522. The molecule has 1 atom stereocenters. The van der Waals surface area contributed by atoms with Crippen LogP contribution in [0.1, 0.15) is 23.6 Å². The summed E-state index contributed by atoms with van der Waals surface area (Å²) >= 11 is 0. The molecule has 0 radical (unpaired) electrons. The van der Waals surface area contributed by atoms with Crippen LogP contribution >= 0.6 is 0 Å². The van der Waals surface area contributed by atoms with Crippen molar-refractivity contribution in [3.63, 3.8) is 0 Å². The summed E-state index contributed by atoms with van der Waals surface area (Å²) in [5.41, 5.74) is 8.15. The summed E-state index contributed by atoms with van der Waals surface area (Å²) in [6, 6.07) is 4.25. The molecule has 0 saturated carbocycles. The van der Waals surface area contributed by atoms with Gasteiger partial charge in [-0.25, -0.2) is 4.39 Å². The highest BCUT2D eigenvalue weighted by molar-refractivity contribution is 5.83. The summed E-state index contributed by atoms with van der Waals surface area (Å²) in [7, 11) is 5.68. The largest absolute Gasteiger partial charge is 0.493 e. The average Bonchev–Trinajstić information content (AvgIpc) is 2.91. The van der Waals surface area contributed by atoms with E-state index in [1.807, 2.05) is 0 Å². The van der Waals surface area contributed by atoms with Gasteiger partial charge in [-0.15, -0.1) is 0 Å². The van der Waals surface area contributed by atoms with Crippen molar-refractivity contribution < 1.29 is 23.3 Å². The Balaban J connectivity index is 2.49. The topological polar surface area (TPSA) is 80.0 Å². The van der Waals surface area contributed by atoms with Crippen molar-refractivity contribution in [3.05, 3.63) is 45.4 Å².